The van der Waals surface area contributed by atoms with Crippen LogP contribution in [0.2, 0.25) is 0 Å². The molecular weight excluding hydrogens is 220 g/mol. The van der Waals surface area contributed by atoms with E-state index in [9.17, 15) is 9.59 Å². The Morgan fingerprint density at radius 3 is 3.00 bits per heavy atom. The van der Waals surface area contributed by atoms with Gasteiger partial charge in [-0.25, -0.2) is 0 Å². The van der Waals surface area contributed by atoms with Crippen LogP contribution in [0.25, 0.3) is 0 Å². The van der Waals surface area contributed by atoms with E-state index < -0.39 is 0 Å². The van der Waals surface area contributed by atoms with Crippen molar-refractivity contribution in [2.75, 3.05) is 0 Å². The van der Waals surface area contributed by atoms with Gasteiger partial charge in [-0.2, -0.15) is 0 Å². The summed E-state index contributed by atoms with van der Waals surface area (Å²) in [5, 5.41) is 0. The Balaban J connectivity index is 2.11. The third-order valence-electron chi connectivity index (χ3n) is 2.82. The lowest BCUT2D eigenvalue weighted by atomic mass is 10.1. The van der Waals surface area contributed by atoms with Crippen molar-refractivity contribution >= 4 is 11.9 Å². The minimum Gasteiger partial charge on any atom is -0.426 e. The van der Waals surface area contributed by atoms with Gasteiger partial charge >= 0.3 is 11.9 Å². The Kier molecular flexibility index (Phi) is 3.13. The monoisotopic (exact) mass is 234 g/mol. The van der Waals surface area contributed by atoms with E-state index in [-0.39, 0.29) is 24.3 Å². The topological polar surface area (TPSA) is 52.6 Å². The van der Waals surface area contributed by atoms with Crippen molar-refractivity contribution in [1.82, 2.24) is 0 Å². The van der Waals surface area contributed by atoms with Crippen LogP contribution in [0.5, 0.6) is 11.5 Å². The number of ether oxygens (including phenoxy) is 2. The second-order valence-corrected chi connectivity index (χ2v) is 4.15. The van der Waals surface area contributed by atoms with Crippen molar-refractivity contribution in [2.24, 2.45) is 5.92 Å². The molecule has 0 bridgehead atoms. The van der Waals surface area contributed by atoms with E-state index >= 15 is 0 Å². The van der Waals surface area contributed by atoms with E-state index in [0.717, 1.165) is 12.0 Å². The molecule has 0 radical (unpaired) electrons. The molecule has 1 heterocycles. The standard InChI is InChI=1S/C13H14O4/c1-3-8(2)13(15)16-10-4-5-11-9(6-10)7-12(14)17-11/h4-6,8H,3,7H2,1-2H3. The van der Waals surface area contributed by atoms with Crippen LogP contribution in [0.4, 0.5) is 0 Å². The number of benzene rings is 1. The summed E-state index contributed by atoms with van der Waals surface area (Å²) in [6, 6.07) is 4.97. The van der Waals surface area contributed by atoms with Crippen LogP contribution < -0.4 is 9.47 Å². The summed E-state index contributed by atoms with van der Waals surface area (Å²) in [6.45, 7) is 3.75. The maximum absolute atomic E-state index is 11.6. The molecule has 1 aromatic carbocycles. The average Bonchev–Trinajstić information content (AvgIpc) is 2.67. The molecule has 0 aliphatic carbocycles. The van der Waals surface area contributed by atoms with Gasteiger partial charge in [-0.05, 0) is 24.6 Å². The summed E-state index contributed by atoms with van der Waals surface area (Å²) in [5.41, 5.74) is 0.768. The van der Waals surface area contributed by atoms with Crippen LogP contribution in [0.3, 0.4) is 0 Å². The zero-order chi connectivity index (χ0) is 12.4. The molecule has 90 valence electrons. The number of rotatable bonds is 3. The molecule has 0 fully saturated rings. The van der Waals surface area contributed by atoms with Crippen molar-refractivity contribution in [3.63, 3.8) is 0 Å². The number of carbonyl (C=O) groups is 2. The SMILES string of the molecule is CCC(C)C(=O)Oc1ccc2c(c1)CC(=O)O2. The van der Waals surface area contributed by atoms with Gasteiger partial charge < -0.3 is 9.47 Å². The van der Waals surface area contributed by atoms with Crippen LogP contribution in [-0.4, -0.2) is 11.9 Å². The van der Waals surface area contributed by atoms with Crippen molar-refractivity contribution in [3.8, 4) is 11.5 Å². The zero-order valence-electron chi connectivity index (χ0n) is 9.86. The minimum atomic E-state index is -0.273. The van der Waals surface area contributed by atoms with Gasteiger partial charge in [0.25, 0.3) is 0 Å². The van der Waals surface area contributed by atoms with Crippen molar-refractivity contribution in [1.29, 1.82) is 0 Å². The lowest BCUT2D eigenvalue weighted by Gasteiger charge is -2.09. The maximum Gasteiger partial charge on any atom is 0.315 e. The lowest BCUT2D eigenvalue weighted by Crippen LogP contribution is -2.16. The first-order valence-electron chi connectivity index (χ1n) is 5.65. The highest BCUT2D eigenvalue weighted by Gasteiger charge is 2.21. The van der Waals surface area contributed by atoms with E-state index in [4.69, 9.17) is 9.47 Å². The molecule has 0 aromatic heterocycles. The van der Waals surface area contributed by atoms with Crippen LogP contribution >= 0.6 is 0 Å². The molecule has 0 spiro atoms. The normalized spacial score (nSPS) is 15.1. The summed E-state index contributed by atoms with van der Waals surface area (Å²) in [6.07, 6.45) is 0.982. The van der Waals surface area contributed by atoms with Gasteiger partial charge in [0.15, 0.2) is 0 Å². The third-order valence-corrected chi connectivity index (χ3v) is 2.82. The van der Waals surface area contributed by atoms with Gasteiger partial charge in [-0.15, -0.1) is 0 Å². The number of fused-ring (bicyclic) bond motifs is 1. The van der Waals surface area contributed by atoms with Gasteiger partial charge in [-0.3, -0.25) is 9.59 Å². The van der Waals surface area contributed by atoms with Gasteiger partial charge in [0.05, 0.1) is 12.3 Å². The predicted octanol–water partition coefficient (Wildman–Crippen LogP) is 2.10. The lowest BCUT2D eigenvalue weighted by molar-refractivity contribution is -0.138. The molecule has 1 unspecified atom stereocenters. The molecule has 4 heteroatoms. The maximum atomic E-state index is 11.6. The zero-order valence-corrected chi connectivity index (χ0v) is 9.86. The second kappa shape index (κ2) is 4.57. The Morgan fingerprint density at radius 1 is 1.53 bits per heavy atom. The van der Waals surface area contributed by atoms with Crippen molar-refractivity contribution < 1.29 is 19.1 Å². The molecule has 1 aliphatic rings. The predicted molar refractivity (Wildman–Crippen MR) is 60.9 cm³/mol. The fourth-order valence-corrected chi connectivity index (χ4v) is 1.55. The summed E-state index contributed by atoms with van der Waals surface area (Å²) in [5.74, 6) is 0.370. The minimum absolute atomic E-state index is 0.124. The third kappa shape index (κ3) is 2.46. The molecule has 1 atom stereocenters. The molecule has 1 aliphatic heterocycles. The molecule has 0 saturated carbocycles. The molecule has 0 amide bonds. The van der Waals surface area contributed by atoms with E-state index in [1.165, 1.54) is 0 Å². The second-order valence-electron chi connectivity index (χ2n) is 4.15. The van der Waals surface area contributed by atoms with E-state index in [1.54, 1.807) is 18.2 Å². The molecule has 17 heavy (non-hydrogen) atoms. The van der Waals surface area contributed by atoms with Gasteiger partial charge in [0.1, 0.15) is 11.5 Å². The number of carbonyl (C=O) groups excluding carboxylic acids is 2. The highest BCUT2D eigenvalue weighted by Crippen LogP contribution is 2.29. The Hall–Kier alpha value is -1.84. The highest BCUT2D eigenvalue weighted by atomic mass is 16.5. The van der Waals surface area contributed by atoms with Crippen LogP contribution in [0.15, 0.2) is 18.2 Å². The molecule has 2 rings (SSSR count). The van der Waals surface area contributed by atoms with Gasteiger partial charge in [0, 0.05) is 5.56 Å². The molecule has 1 aromatic rings. The summed E-state index contributed by atoms with van der Waals surface area (Å²) in [4.78, 5) is 22.6. The number of esters is 2. The Morgan fingerprint density at radius 2 is 2.29 bits per heavy atom. The summed E-state index contributed by atoms with van der Waals surface area (Å²) < 4.78 is 10.2. The van der Waals surface area contributed by atoms with Crippen LogP contribution in [0.1, 0.15) is 25.8 Å². The van der Waals surface area contributed by atoms with Crippen molar-refractivity contribution in [3.05, 3.63) is 23.8 Å². The van der Waals surface area contributed by atoms with E-state index in [0.29, 0.717) is 11.5 Å². The first-order chi connectivity index (χ1) is 8.10. The van der Waals surface area contributed by atoms with Crippen LogP contribution in [-0.2, 0) is 16.0 Å². The number of hydrogen-bond acceptors (Lipinski definition) is 4. The highest BCUT2D eigenvalue weighted by molar-refractivity contribution is 5.81. The molecule has 0 saturated heterocycles. The molecule has 4 nitrogen and oxygen atoms in total. The van der Waals surface area contributed by atoms with E-state index in [2.05, 4.69) is 0 Å². The Labute approximate surface area is 99.5 Å². The first-order valence-corrected chi connectivity index (χ1v) is 5.65. The van der Waals surface area contributed by atoms with Crippen molar-refractivity contribution in [2.45, 2.75) is 26.7 Å². The molecular formula is C13H14O4. The largest absolute Gasteiger partial charge is 0.426 e. The summed E-state index contributed by atoms with van der Waals surface area (Å²) >= 11 is 0. The molecule has 0 N–H and O–H groups in total. The van der Waals surface area contributed by atoms with Crippen LogP contribution in [0, 0.1) is 5.92 Å². The number of hydrogen-bond donors (Lipinski definition) is 0. The summed E-state index contributed by atoms with van der Waals surface area (Å²) in [7, 11) is 0. The van der Waals surface area contributed by atoms with E-state index in [1.807, 2.05) is 13.8 Å². The average molecular weight is 234 g/mol. The van der Waals surface area contributed by atoms with Gasteiger partial charge in [-0.1, -0.05) is 13.8 Å². The smallest absolute Gasteiger partial charge is 0.315 e. The first kappa shape index (κ1) is 11.6. The Bertz CT molecular complexity index is 464. The fourth-order valence-electron chi connectivity index (χ4n) is 1.55. The fraction of sp³-hybridized carbons (Fsp3) is 0.385. The quantitative estimate of drug-likeness (QED) is 0.593. The van der Waals surface area contributed by atoms with Gasteiger partial charge in [0.2, 0.25) is 0 Å².